The van der Waals surface area contributed by atoms with Gasteiger partial charge >= 0.3 is 0 Å². The van der Waals surface area contributed by atoms with Crippen LogP contribution in [0.5, 0.6) is 0 Å². The molecule has 0 aliphatic heterocycles. The smallest absolute Gasteiger partial charge is 0.225 e. The van der Waals surface area contributed by atoms with Gasteiger partial charge in [-0.15, -0.1) is 21.5 Å². The van der Waals surface area contributed by atoms with E-state index in [1.165, 1.54) is 11.3 Å². The summed E-state index contributed by atoms with van der Waals surface area (Å²) < 4.78 is 1.85. The van der Waals surface area contributed by atoms with Crippen LogP contribution in [-0.2, 0) is 13.6 Å². The lowest BCUT2D eigenvalue weighted by molar-refractivity contribution is 0.810. The number of hydrogen-bond donors (Lipinski definition) is 1. The fourth-order valence-electron chi connectivity index (χ4n) is 1.59. The lowest BCUT2D eigenvalue weighted by atomic mass is 10.4. The molecule has 0 spiro atoms. The van der Waals surface area contributed by atoms with Crippen molar-refractivity contribution < 1.29 is 0 Å². The standard InChI is InChI=1S/C10H9ClN6S/c1-17-5-13-16-7(17)4-12-8-6-2-3-18-9(6)15-10(11)14-8/h2-3,5H,4H2,1H3,(H,12,14,15). The molecule has 0 radical (unpaired) electrons. The number of halogens is 1. The first kappa shape index (κ1) is 11.4. The van der Waals surface area contributed by atoms with Crippen LogP contribution in [-0.4, -0.2) is 24.7 Å². The molecule has 0 saturated heterocycles. The molecule has 92 valence electrons. The minimum Gasteiger partial charge on any atom is -0.362 e. The van der Waals surface area contributed by atoms with Gasteiger partial charge in [0.2, 0.25) is 5.28 Å². The van der Waals surface area contributed by atoms with Crippen molar-refractivity contribution >= 4 is 39.0 Å². The van der Waals surface area contributed by atoms with E-state index in [1.807, 2.05) is 23.1 Å². The van der Waals surface area contributed by atoms with E-state index in [-0.39, 0.29) is 5.28 Å². The maximum absolute atomic E-state index is 5.88. The summed E-state index contributed by atoms with van der Waals surface area (Å²) in [5.41, 5.74) is 0. The fraction of sp³-hybridized carbons (Fsp3) is 0.200. The van der Waals surface area contributed by atoms with Gasteiger partial charge < -0.3 is 9.88 Å². The van der Waals surface area contributed by atoms with Gasteiger partial charge in [-0.25, -0.2) is 9.97 Å². The Morgan fingerprint density at radius 1 is 1.44 bits per heavy atom. The van der Waals surface area contributed by atoms with E-state index in [4.69, 9.17) is 11.6 Å². The molecule has 3 aromatic rings. The topological polar surface area (TPSA) is 68.5 Å². The van der Waals surface area contributed by atoms with Crippen LogP contribution in [0.4, 0.5) is 5.82 Å². The van der Waals surface area contributed by atoms with Gasteiger partial charge in [0.25, 0.3) is 0 Å². The number of aromatic nitrogens is 5. The highest BCUT2D eigenvalue weighted by atomic mass is 35.5. The van der Waals surface area contributed by atoms with Gasteiger partial charge in [0.15, 0.2) is 5.82 Å². The summed E-state index contributed by atoms with van der Waals surface area (Å²) in [6, 6.07) is 1.97. The van der Waals surface area contributed by atoms with Crippen molar-refractivity contribution in [2.75, 3.05) is 5.32 Å². The van der Waals surface area contributed by atoms with Gasteiger partial charge in [-0.2, -0.15) is 0 Å². The maximum Gasteiger partial charge on any atom is 0.225 e. The van der Waals surface area contributed by atoms with E-state index in [0.717, 1.165) is 16.0 Å². The third-order valence-electron chi connectivity index (χ3n) is 2.52. The first-order valence-electron chi connectivity index (χ1n) is 5.21. The second-order valence-corrected chi connectivity index (χ2v) is 4.92. The molecule has 0 unspecified atom stereocenters. The highest BCUT2D eigenvalue weighted by Crippen LogP contribution is 2.26. The van der Waals surface area contributed by atoms with E-state index in [0.29, 0.717) is 12.4 Å². The minimum atomic E-state index is 0.241. The first-order valence-corrected chi connectivity index (χ1v) is 6.47. The number of aryl methyl sites for hydroxylation is 1. The summed E-state index contributed by atoms with van der Waals surface area (Å²) >= 11 is 7.42. The summed E-state index contributed by atoms with van der Waals surface area (Å²) in [7, 11) is 1.89. The Bertz CT molecular complexity index is 691. The summed E-state index contributed by atoms with van der Waals surface area (Å²) in [6.07, 6.45) is 1.66. The SMILES string of the molecule is Cn1cnnc1CNc1nc(Cl)nc2sccc12. The molecule has 8 heteroatoms. The maximum atomic E-state index is 5.88. The zero-order chi connectivity index (χ0) is 12.5. The minimum absolute atomic E-state index is 0.241. The van der Waals surface area contributed by atoms with Crippen molar-refractivity contribution in [1.82, 2.24) is 24.7 Å². The molecule has 0 aromatic carbocycles. The van der Waals surface area contributed by atoms with Crippen LogP contribution < -0.4 is 5.32 Å². The molecule has 0 fully saturated rings. The Morgan fingerprint density at radius 2 is 2.33 bits per heavy atom. The Balaban J connectivity index is 1.90. The Hall–Kier alpha value is -1.73. The van der Waals surface area contributed by atoms with Gasteiger partial charge in [-0.3, -0.25) is 0 Å². The summed E-state index contributed by atoms with van der Waals surface area (Å²) in [4.78, 5) is 9.22. The van der Waals surface area contributed by atoms with Crippen molar-refractivity contribution in [3.8, 4) is 0 Å². The predicted molar refractivity (Wildman–Crippen MR) is 70.8 cm³/mol. The highest BCUT2D eigenvalue weighted by Gasteiger charge is 2.08. The summed E-state index contributed by atoms with van der Waals surface area (Å²) in [5, 5.41) is 14.2. The van der Waals surface area contributed by atoms with Gasteiger partial charge in [-0.05, 0) is 23.0 Å². The second kappa shape index (κ2) is 4.51. The van der Waals surface area contributed by atoms with Crippen molar-refractivity contribution in [3.63, 3.8) is 0 Å². The summed E-state index contributed by atoms with van der Waals surface area (Å²) in [6.45, 7) is 0.536. The first-order chi connectivity index (χ1) is 8.74. The van der Waals surface area contributed by atoms with E-state index in [2.05, 4.69) is 25.5 Å². The monoisotopic (exact) mass is 280 g/mol. The molecule has 6 nitrogen and oxygen atoms in total. The molecule has 0 amide bonds. The van der Waals surface area contributed by atoms with Crippen LogP contribution in [0.2, 0.25) is 5.28 Å². The number of anilines is 1. The van der Waals surface area contributed by atoms with Crippen LogP contribution in [0.25, 0.3) is 10.2 Å². The normalized spacial score (nSPS) is 11.0. The van der Waals surface area contributed by atoms with E-state index < -0.39 is 0 Å². The zero-order valence-corrected chi connectivity index (χ0v) is 11.0. The molecular formula is C10H9ClN6S. The van der Waals surface area contributed by atoms with Crippen LogP contribution in [0.15, 0.2) is 17.8 Å². The number of nitrogens with zero attached hydrogens (tertiary/aromatic N) is 5. The zero-order valence-electron chi connectivity index (χ0n) is 9.46. The lowest BCUT2D eigenvalue weighted by Gasteiger charge is -2.06. The van der Waals surface area contributed by atoms with E-state index in [1.54, 1.807) is 6.33 Å². The number of thiophene rings is 1. The molecule has 0 aliphatic rings. The van der Waals surface area contributed by atoms with Gasteiger partial charge in [0, 0.05) is 7.05 Å². The average Bonchev–Trinajstić information content (AvgIpc) is 2.94. The van der Waals surface area contributed by atoms with Crippen LogP contribution in [0.3, 0.4) is 0 Å². The highest BCUT2D eigenvalue weighted by molar-refractivity contribution is 7.16. The fourth-order valence-corrected chi connectivity index (χ4v) is 2.58. The lowest BCUT2D eigenvalue weighted by Crippen LogP contribution is -2.07. The molecule has 1 N–H and O–H groups in total. The largest absolute Gasteiger partial charge is 0.362 e. The van der Waals surface area contributed by atoms with Gasteiger partial charge in [-0.1, -0.05) is 0 Å². The molecular weight excluding hydrogens is 272 g/mol. The molecule has 18 heavy (non-hydrogen) atoms. The van der Waals surface area contributed by atoms with Gasteiger partial charge in [0.1, 0.15) is 17.0 Å². The Labute approximate surface area is 112 Å². The van der Waals surface area contributed by atoms with Crippen LogP contribution in [0, 0.1) is 0 Å². The number of nitrogens with one attached hydrogen (secondary N) is 1. The third-order valence-corrected chi connectivity index (χ3v) is 3.49. The quantitative estimate of drug-likeness (QED) is 0.744. The molecule has 3 heterocycles. The Kier molecular flexibility index (Phi) is 2.85. The summed E-state index contributed by atoms with van der Waals surface area (Å²) in [5.74, 6) is 1.54. The van der Waals surface area contributed by atoms with Crippen molar-refractivity contribution in [1.29, 1.82) is 0 Å². The number of fused-ring (bicyclic) bond motifs is 1. The number of hydrogen-bond acceptors (Lipinski definition) is 6. The average molecular weight is 281 g/mol. The van der Waals surface area contributed by atoms with Crippen molar-refractivity contribution in [2.45, 2.75) is 6.54 Å². The van der Waals surface area contributed by atoms with Crippen LogP contribution in [0.1, 0.15) is 5.82 Å². The molecule has 3 rings (SSSR count). The second-order valence-electron chi connectivity index (χ2n) is 3.69. The van der Waals surface area contributed by atoms with Crippen molar-refractivity contribution in [2.24, 2.45) is 7.05 Å². The molecule has 0 atom stereocenters. The Morgan fingerprint density at radius 3 is 3.11 bits per heavy atom. The van der Waals surface area contributed by atoms with Gasteiger partial charge in [0.05, 0.1) is 11.9 Å². The van der Waals surface area contributed by atoms with Crippen molar-refractivity contribution in [3.05, 3.63) is 28.9 Å². The molecule has 0 aliphatic carbocycles. The molecule has 0 bridgehead atoms. The van der Waals surface area contributed by atoms with E-state index in [9.17, 15) is 0 Å². The molecule has 0 saturated carbocycles. The van der Waals surface area contributed by atoms with Crippen LogP contribution >= 0.6 is 22.9 Å². The third kappa shape index (κ3) is 2.02. The predicted octanol–water partition coefficient (Wildman–Crippen LogP) is 2.09. The van der Waals surface area contributed by atoms with E-state index >= 15 is 0 Å². The molecule has 3 aromatic heterocycles. The number of rotatable bonds is 3.